The largest absolute Gasteiger partial charge is 0.367 e. The number of fused-ring (bicyclic) bond motifs is 1. The first kappa shape index (κ1) is 13.8. The average Bonchev–Trinajstić information content (AvgIpc) is 2.79. The number of nitrogens with one attached hydrogen (secondary N) is 2. The normalized spacial score (nSPS) is 12.0. The predicted octanol–water partition coefficient (Wildman–Crippen LogP) is 2.05. The summed E-state index contributed by atoms with van der Waals surface area (Å²) in [4.78, 5) is 4.40. The molecule has 0 radical (unpaired) electrons. The molecule has 0 unspecified atom stereocenters. The molecule has 0 fully saturated rings. The highest BCUT2D eigenvalue weighted by Crippen LogP contribution is 2.24. The molecule has 0 atom stereocenters. The Labute approximate surface area is 114 Å². The maximum absolute atomic E-state index is 4.61. The monoisotopic (exact) mass is 261 g/mol. The minimum atomic E-state index is 0.0487. The van der Waals surface area contributed by atoms with Gasteiger partial charge in [0.15, 0.2) is 5.82 Å². The summed E-state index contributed by atoms with van der Waals surface area (Å²) in [5, 5.41) is 11.2. The highest BCUT2D eigenvalue weighted by molar-refractivity contribution is 5.68. The lowest BCUT2D eigenvalue weighted by Gasteiger charge is -2.13. The van der Waals surface area contributed by atoms with E-state index in [2.05, 4.69) is 54.5 Å². The van der Waals surface area contributed by atoms with Gasteiger partial charge in [-0.15, -0.1) is 0 Å². The quantitative estimate of drug-likeness (QED) is 0.809. The van der Waals surface area contributed by atoms with E-state index in [1.165, 1.54) is 0 Å². The third kappa shape index (κ3) is 3.23. The number of rotatable bonds is 5. The van der Waals surface area contributed by atoms with Crippen LogP contribution in [0.2, 0.25) is 0 Å². The Balaban J connectivity index is 2.22. The van der Waals surface area contributed by atoms with E-state index in [0.717, 1.165) is 36.7 Å². The molecule has 2 aromatic rings. The maximum atomic E-state index is 4.61. The smallest absolute Gasteiger partial charge is 0.152 e. The topological polar surface area (TPSA) is 54.2 Å². The summed E-state index contributed by atoms with van der Waals surface area (Å²) in [5.41, 5.74) is 2.16. The summed E-state index contributed by atoms with van der Waals surface area (Å²) in [7, 11) is 0. The van der Waals surface area contributed by atoms with Gasteiger partial charge in [-0.3, -0.25) is 0 Å². The van der Waals surface area contributed by atoms with Crippen molar-refractivity contribution in [3.05, 3.63) is 24.2 Å². The van der Waals surface area contributed by atoms with Gasteiger partial charge in [0.25, 0.3) is 0 Å². The average molecular weight is 261 g/mol. The summed E-state index contributed by atoms with van der Waals surface area (Å²) >= 11 is 0. The standard InChI is InChI=1S/C14H23N5/c1-5-15-6-7-16-13-11-10-12(14(2,3)4)18-19(11)9-8-17-13/h8-10,15H,5-7H2,1-4H3,(H,16,17). The molecule has 5 nitrogen and oxygen atoms in total. The van der Waals surface area contributed by atoms with E-state index in [0.29, 0.717) is 0 Å². The number of hydrogen-bond acceptors (Lipinski definition) is 4. The molecule has 0 aliphatic rings. The zero-order chi connectivity index (χ0) is 13.9. The summed E-state index contributed by atoms with van der Waals surface area (Å²) in [6, 6.07) is 2.11. The Bertz CT molecular complexity index is 538. The van der Waals surface area contributed by atoms with Crippen LogP contribution in [0.25, 0.3) is 5.52 Å². The molecule has 104 valence electrons. The van der Waals surface area contributed by atoms with E-state index >= 15 is 0 Å². The molecule has 0 aromatic carbocycles. The van der Waals surface area contributed by atoms with Crippen molar-refractivity contribution in [1.82, 2.24) is 19.9 Å². The Hall–Kier alpha value is -1.62. The fraction of sp³-hybridized carbons (Fsp3) is 0.571. The van der Waals surface area contributed by atoms with E-state index in [9.17, 15) is 0 Å². The van der Waals surface area contributed by atoms with Crippen LogP contribution in [0.15, 0.2) is 18.5 Å². The first-order chi connectivity index (χ1) is 9.02. The number of likely N-dealkylation sites (N-methyl/N-ethyl adjacent to an activating group) is 1. The summed E-state index contributed by atoms with van der Waals surface area (Å²) in [6.07, 6.45) is 3.67. The fourth-order valence-corrected chi connectivity index (χ4v) is 1.87. The van der Waals surface area contributed by atoms with Crippen molar-refractivity contribution >= 4 is 11.3 Å². The fourth-order valence-electron chi connectivity index (χ4n) is 1.87. The van der Waals surface area contributed by atoms with Crippen LogP contribution >= 0.6 is 0 Å². The van der Waals surface area contributed by atoms with Crippen molar-refractivity contribution in [1.29, 1.82) is 0 Å². The van der Waals surface area contributed by atoms with Gasteiger partial charge >= 0.3 is 0 Å². The van der Waals surface area contributed by atoms with Crippen molar-refractivity contribution in [2.75, 3.05) is 25.0 Å². The SMILES string of the molecule is CCNCCNc1nccn2nc(C(C)(C)C)cc12. The number of hydrogen-bond donors (Lipinski definition) is 2. The first-order valence-electron chi connectivity index (χ1n) is 6.82. The van der Waals surface area contributed by atoms with Gasteiger partial charge in [0, 0.05) is 30.9 Å². The lowest BCUT2D eigenvalue weighted by atomic mass is 9.92. The van der Waals surface area contributed by atoms with Gasteiger partial charge in [0.2, 0.25) is 0 Å². The van der Waals surface area contributed by atoms with Gasteiger partial charge in [-0.2, -0.15) is 5.10 Å². The number of anilines is 1. The van der Waals surface area contributed by atoms with Crippen LogP contribution in [0.5, 0.6) is 0 Å². The molecule has 0 amide bonds. The molecule has 0 bridgehead atoms. The van der Waals surface area contributed by atoms with E-state index in [-0.39, 0.29) is 5.41 Å². The van der Waals surface area contributed by atoms with Crippen LogP contribution in [0.4, 0.5) is 5.82 Å². The van der Waals surface area contributed by atoms with E-state index < -0.39 is 0 Å². The Morgan fingerprint density at radius 2 is 2.05 bits per heavy atom. The van der Waals surface area contributed by atoms with Crippen LogP contribution in [0.1, 0.15) is 33.4 Å². The van der Waals surface area contributed by atoms with Crippen LogP contribution < -0.4 is 10.6 Å². The van der Waals surface area contributed by atoms with Crippen LogP contribution in [0.3, 0.4) is 0 Å². The van der Waals surface area contributed by atoms with E-state index in [4.69, 9.17) is 0 Å². The molecule has 0 saturated carbocycles. The number of nitrogens with zero attached hydrogens (tertiary/aromatic N) is 3. The van der Waals surface area contributed by atoms with Crippen LogP contribution in [0, 0.1) is 0 Å². The zero-order valence-corrected chi connectivity index (χ0v) is 12.2. The van der Waals surface area contributed by atoms with Gasteiger partial charge in [-0.1, -0.05) is 27.7 Å². The molecular weight excluding hydrogens is 238 g/mol. The minimum Gasteiger partial charge on any atom is -0.367 e. The van der Waals surface area contributed by atoms with Gasteiger partial charge in [0.1, 0.15) is 5.52 Å². The highest BCUT2D eigenvalue weighted by atomic mass is 15.2. The van der Waals surface area contributed by atoms with Crippen molar-refractivity contribution in [3.63, 3.8) is 0 Å². The lowest BCUT2D eigenvalue weighted by molar-refractivity contribution is 0.562. The zero-order valence-electron chi connectivity index (χ0n) is 12.2. The summed E-state index contributed by atoms with van der Waals surface area (Å²) in [6.45, 7) is 11.4. The predicted molar refractivity (Wildman–Crippen MR) is 78.7 cm³/mol. The van der Waals surface area contributed by atoms with Gasteiger partial charge in [-0.25, -0.2) is 9.50 Å². The van der Waals surface area contributed by atoms with Gasteiger partial charge in [0.05, 0.1) is 5.69 Å². The van der Waals surface area contributed by atoms with Crippen molar-refractivity contribution < 1.29 is 0 Å². The molecule has 0 aliphatic carbocycles. The van der Waals surface area contributed by atoms with Crippen molar-refractivity contribution in [2.24, 2.45) is 0 Å². The Kier molecular flexibility index (Phi) is 4.04. The molecule has 2 rings (SSSR count). The molecule has 5 heteroatoms. The molecule has 19 heavy (non-hydrogen) atoms. The van der Waals surface area contributed by atoms with Crippen molar-refractivity contribution in [2.45, 2.75) is 33.1 Å². The van der Waals surface area contributed by atoms with Gasteiger partial charge < -0.3 is 10.6 Å². The second kappa shape index (κ2) is 5.57. The van der Waals surface area contributed by atoms with Crippen molar-refractivity contribution in [3.8, 4) is 0 Å². The molecule has 2 N–H and O–H groups in total. The highest BCUT2D eigenvalue weighted by Gasteiger charge is 2.18. The summed E-state index contributed by atoms with van der Waals surface area (Å²) in [5.74, 6) is 0.892. The Morgan fingerprint density at radius 1 is 1.26 bits per heavy atom. The summed E-state index contributed by atoms with van der Waals surface area (Å²) < 4.78 is 1.89. The number of aromatic nitrogens is 3. The van der Waals surface area contributed by atoms with E-state index in [1.54, 1.807) is 6.20 Å². The second-order valence-electron chi connectivity index (χ2n) is 5.67. The van der Waals surface area contributed by atoms with E-state index in [1.807, 2.05) is 10.7 Å². The molecule has 0 saturated heterocycles. The Morgan fingerprint density at radius 3 is 2.74 bits per heavy atom. The minimum absolute atomic E-state index is 0.0487. The molecule has 2 heterocycles. The lowest BCUT2D eigenvalue weighted by Crippen LogP contribution is -2.22. The van der Waals surface area contributed by atoms with Crippen LogP contribution in [-0.4, -0.2) is 34.2 Å². The first-order valence-corrected chi connectivity index (χ1v) is 6.82. The molecule has 2 aromatic heterocycles. The third-order valence-electron chi connectivity index (χ3n) is 3.00. The maximum Gasteiger partial charge on any atom is 0.152 e. The second-order valence-corrected chi connectivity index (χ2v) is 5.67. The molecular formula is C14H23N5. The molecule has 0 aliphatic heterocycles. The molecule has 0 spiro atoms. The third-order valence-corrected chi connectivity index (χ3v) is 3.00. The van der Waals surface area contributed by atoms with Gasteiger partial charge in [-0.05, 0) is 12.6 Å². The van der Waals surface area contributed by atoms with Crippen LogP contribution in [-0.2, 0) is 5.41 Å².